The third kappa shape index (κ3) is 2.87. The molecule has 0 atom stereocenters. The molecule has 0 aromatic heterocycles. The van der Waals surface area contributed by atoms with Crippen LogP contribution in [-0.4, -0.2) is 0 Å². The van der Waals surface area contributed by atoms with Gasteiger partial charge in [0, 0.05) is 5.56 Å². The number of allylic oxidation sites excluding steroid dienone is 2. The quantitative estimate of drug-likeness (QED) is 0.735. The Kier molecular flexibility index (Phi) is 4.68. The first-order valence-corrected chi connectivity index (χ1v) is 7.11. The van der Waals surface area contributed by atoms with Crippen LogP contribution >= 0.6 is 0 Å². The van der Waals surface area contributed by atoms with E-state index in [0.29, 0.717) is 0 Å². The second-order valence-electron chi connectivity index (χ2n) is 4.82. The minimum atomic E-state index is 0.951. The van der Waals surface area contributed by atoms with Crippen molar-refractivity contribution in [3.63, 3.8) is 0 Å². The SMILES string of the molecule is CCCCCCC1=C(CC)c2ccccc2ON1. The fourth-order valence-corrected chi connectivity index (χ4v) is 2.48. The Morgan fingerprint density at radius 3 is 2.67 bits per heavy atom. The normalized spacial score (nSPS) is 13.9. The average molecular weight is 245 g/mol. The standard InChI is InChI=1S/C16H23NO/c1-3-5-6-7-11-15-13(4-2)14-10-8-9-12-16(14)18-17-15/h8-10,12,17H,3-7,11H2,1-2H3. The fraction of sp³-hybridized carbons (Fsp3) is 0.500. The topological polar surface area (TPSA) is 21.3 Å². The lowest BCUT2D eigenvalue weighted by Crippen LogP contribution is -2.24. The van der Waals surface area contributed by atoms with Crippen LogP contribution in [0.2, 0.25) is 0 Å². The van der Waals surface area contributed by atoms with Crippen LogP contribution < -0.4 is 10.3 Å². The number of nitrogens with one attached hydrogen (secondary N) is 1. The van der Waals surface area contributed by atoms with E-state index in [1.54, 1.807) is 0 Å². The molecule has 0 saturated heterocycles. The van der Waals surface area contributed by atoms with Crippen LogP contribution in [0.1, 0.15) is 57.9 Å². The summed E-state index contributed by atoms with van der Waals surface area (Å²) in [5, 5.41) is 0. The van der Waals surface area contributed by atoms with Gasteiger partial charge in [-0.25, -0.2) is 5.48 Å². The molecule has 0 amide bonds. The molecule has 0 bridgehead atoms. The van der Waals surface area contributed by atoms with E-state index in [4.69, 9.17) is 4.84 Å². The lowest BCUT2D eigenvalue weighted by atomic mass is 9.97. The third-order valence-corrected chi connectivity index (χ3v) is 3.49. The van der Waals surface area contributed by atoms with Crippen molar-refractivity contribution >= 4 is 5.57 Å². The average Bonchev–Trinajstić information content (AvgIpc) is 2.43. The molecular formula is C16H23NO. The van der Waals surface area contributed by atoms with Crippen molar-refractivity contribution in [3.8, 4) is 5.75 Å². The summed E-state index contributed by atoms with van der Waals surface area (Å²) in [4.78, 5) is 5.62. The first kappa shape index (κ1) is 13.0. The van der Waals surface area contributed by atoms with Gasteiger partial charge >= 0.3 is 0 Å². The summed E-state index contributed by atoms with van der Waals surface area (Å²) in [6, 6.07) is 8.27. The van der Waals surface area contributed by atoms with E-state index in [0.717, 1.165) is 18.6 Å². The van der Waals surface area contributed by atoms with Gasteiger partial charge in [-0.15, -0.1) is 0 Å². The Hall–Kier alpha value is -1.44. The molecule has 1 aromatic rings. The fourth-order valence-electron chi connectivity index (χ4n) is 2.48. The van der Waals surface area contributed by atoms with Gasteiger partial charge < -0.3 is 4.84 Å². The molecule has 1 aromatic carbocycles. The van der Waals surface area contributed by atoms with Crippen LogP contribution in [0.25, 0.3) is 5.57 Å². The van der Waals surface area contributed by atoms with Gasteiger partial charge in [-0.05, 0) is 30.9 Å². The summed E-state index contributed by atoms with van der Waals surface area (Å²) in [6.07, 6.45) is 7.30. The zero-order valence-electron chi connectivity index (χ0n) is 11.5. The number of para-hydroxylation sites is 1. The second kappa shape index (κ2) is 6.48. The highest BCUT2D eigenvalue weighted by atomic mass is 16.6. The molecule has 18 heavy (non-hydrogen) atoms. The Balaban J connectivity index is 2.10. The molecular weight excluding hydrogens is 222 g/mol. The lowest BCUT2D eigenvalue weighted by Gasteiger charge is -2.24. The van der Waals surface area contributed by atoms with Crippen molar-refractivity contribution in [2.75, 3.05) is 0 Å². The van der Waals surface area contributed by atoms with Crippen LogP contribution in [0, 0.1) is 0 Å². The number of rotatable bonds is 6. The maximum atomic E-state index is 5.62. The van der Waals surface area contributed by atoms with Gasteiger partial charge in [-0.1, -0.05) is 51.3 Å². The van der Waals surface area contributed by atoms with Gasteiger partial charge in [0.25, 0.3) is 0 Å². The van der Waals surface area contributed by atoms with Crippen LogP contribution in [0.5, 0.6) is 5.75 Å². The third-order valence-electron chi connectivity index (χ3n) is 3.49. The minimum absolute atomic E-state index is 0.951. The number of benzene rings is 1. The Bertz CT molecular complexity index is 423. The summed E-state index contributed by atoms with van der Waals surface area (Å²) in [5.41, 5.74) is 7.07. The summed E-state index contributed by atoms with van der Waals surface area (Å²) >= 11 is 0. The highest BCUT2D eigenvalue weighted by Crippen LogP contribution is 2.34. The Morgan fingerprint density at radius 2 is 1.89 bits per heavy atom. The number of fused-ring (bicyclic) bond motifs is 1. The molecule has 0 unspecified atom stereocenters. The molecule has 0 spiro atoms. The summed E-state index contributed by atoms with van der Waals surface area (Å²) in [7, 11) is 0. The molecule has 0 saturated carbocycles. The number of hydroxylamine groups is 1. The lowest BCUT2D eigenvalue weighted by molar-refractivity contribution is 0.218. The van der Waals surface area contributed by atoms with Gasteiger partial charge in [0.1, 0.15) is 0 Å². The van der Waals surface area contributed by atoms with E-state index in [1.807, 2.05) is 12.1 Å². The molecule has 2 nitrogen and oxygen atoms in total. The molecule has 0 aliphatic carbocycles. The molecule has 2 rings (SSSR count). The predicted octanol–water partition coefficient (Wildman–Crippen LogP) is 4.68. The molecule has 1 aliphatic heterocycles. The van der Waals surface area contributed by atoms with Crippen molar-refractivity contribution in [1.29, 1.82) is 0 Å². The number of hydrogen-bond donors (Lipinski definition) is 1. The van der Waals surface area contributed by atoms with Crippen molar-refractivity contribution in [2.24, 2.45) is 0 Å². The van der Waals surface area contributed by atoms with E-state index < -0.39 is 0 Å². The molecule has 98 valence electrons. The predicted molar refractivity (Wildman–Crippen MR) is 76.2 cm³/mol. The molecule has 0 fully saturated rings. The highest BCUT2D eigenvalue weighted by molar-refractivity contribution is 5.73. The molecule has 1 heterocycles. The zero-order chi connectivity index (χ0) is 12.8. The molecule has 2 heteroatoms. The first-order valence-electron chi connectivity index (χ1n) is 7.11. The van der Waals surface area contributed by atoms with E-state index in [9.17, 15) is 0 Å². The monoisotopic (exact) mass is 245 g/mol. The van der Waals surface area contributed by atoms with E-state index in [1.165, 1.54) is 42.5 Å². The van der Waals surface area contributed by atoms with E-state index >= 15 is 0 Å². The Labute approximate surface area is 110 Å². The largest absolute Gasteiger partial charge is 0.382 e. The Morgan fingerprint density at radius 1 is 1.06 bits per heavy atom. The van der Waals surface area contributed by atoms with Gasteiger partial charge in [-0.3, -0.25) is 0 Å². The maximum absolute atomic E-state index is 5.62. The van der Waals surface area contributed by atoms with Crippen LogP contribution in [0.3, 0.4) is 0 Å². The summed E-state index contributed by atoms with van der Waals surface area (Å²) in [6.45, 7) is 4.46. The molecule has 1 aliphatic rings. The second-order valence-corrected chi connectivity index (χ2v) is 4.82. The molecule has 0 radical (unpaired) electrons. The van der Waals surface area contributed by atoms with Gasteiger partial charge in [0.2, 0.25) is 0 Å². The van der Waals surface area contributed by atoms with Crippen LogP contribution in [0.4, 0.5) is 0 Å². The van der Waals surface area contributed by atoms with Crippen molar-refractivity contribution < 1.29 is 4.84 Å². The van der Waals surface area contributed by atoms with Gasteiger partial charge in [0.05, 0.1) is 5.70 Å². The summed E-state index contributed by atoms with van der Waals surface area (Å²) in [5.74, 6) is 0.951. The highest BCUT2D eigenvalue weighted by Gasteiger charge is 2.17. The number of hydrogen-bond acceptors (Lipinski definition) is 2. The number of unbranched alkanes of at least 4 members (excludes halogenated alkanes) is 3. The van der Waals surface area contributed by atoms with Crippen LogP contribution in [-0.2, 0) is 0 Å². The smallest absolute Gasteiger partial charge is 0.162 e. The van der Waals surface area contributed by atoms with Crippen molar-refractivity contribution in [2.45, 2.75) is 52.4 Å². The van der Waals surface area contributed by atoms with E-state index in [2.05, 4.69) is 31.5 Å². The van der Waals surface area contributed by atoms with Crippen LogP contribution in [0.15, 0.2) is 30.0 Å². The molecule has 1 N–H and O–H groups in total. The van der Waals surface area contributed by atoms with Gasteiger partial charge in [0.15, 0.2) is 5.75 Å². The van der Waals surface area contributed by atoms with E-state index in [-0.39, 0.29) is 0 Å². The maximum Gasteiger partial charge on any atom is 0.162 e. The van der Waals surface area contributed by atoms with Crippen molar-refractivity contribution in [1.82, 2.24) is 5.48 Å². The minimum Gasteiger partial charge on any atom is -0.382 e. The van der Waals surface area contributed by atoms with Gasteiger partial charge in [-0.2, -0.15) is 0 Å². The van der Waals surface area contributed by atoms with Crippen molar-refractivity contribution in [3.05, 3.63) is 35.5 Å². The zero-order valence-corrected chi connectivity index (χ0v) is 11.5. The summed E-state index contributed by atoms with van der Waals surface area (Å²) < 4.78 is 0. The first-order chi connectivity index (χ1) is 8.86.